The molecule has 72 valence electrons. The normalized spacial score (nSPS) is 31.5. The van der Waals surface area contributed by atoms with Crippen LogP contribution in [-0.4, -0.2) is 19.3 Å². The molecule has 0 aromatic heterocycles. The Morgan fingerprint density at radius 3 is 2.17 bits per heavy atom. The van der Waals surface area contributed by atoms with Gasteiger partial charge in [-0.3, -0.25) is 0 Å². The molecule has 0 amide bonds. The summed E-state index contributed by atoms with van der Waals surface area (Å²) >= 11 is 0. The molecule has 2 atom stereocenters. The van der Waals surface area contributed by atoms with E-state index in [0.29, 0.717) is 6.54 Å². The lowest BCUT2D eigenvalue weighted by Crippen LogP contribution is -2.32. The smallest absolute Gasteiger partial charge is 0.316 e. The molecule has 0 radical (unpaired) electrons. The molecule has 2 unspecified atom stereocenters. The zero-order valence-electron chi connectivity index (χ0n) is 7.28. The summed E-state index contributed by atoms with van der Waals surface area (Å²) in [6.07, 6.45) is -4.03. The first-order valence-corrected chi connectivity index (χ1v) is 4.20. The van der Waals surface area contributed by atoms with E-state index >= 15 is 0 Å². The van der Waals surface area contributed by atoms with E-state index in [-0.39, 0.29) is 18.4 Å². The van der Waals surface area contributed by atoms with E-state index in [2.05, 4.69) is 5.32 Å². The van der Waals surface area contributed by atoms with Gasteiger partial charge in [-0.05, 0) is 18.4 Å². The van der Waals surface area contributed by atoms with E-state index in [1.165, 1.54) is 0 Å². The van der Waals surface area contributed by atoms with Crippen LogP contribution in [-0.2, 0) is 0 Å². The Hall–Kier alpha value is -0.250. The van der Waals surface area contributed by atoms with E-state index in [0.717, 1.165) is 0 Å². The molecule has 0 saturated carbocycles. The molecule has 0 bridgehead atoms. The second-order valence-corrected chi connectivity index (χ2v) is 3.71. The Morgan fingerprint density at radius 1 is 1.25 bits per heavy atom. The maximum Gasteiger partial charge on any atom is 0.393 e. The highest BCUT2D eigenvalue weighted by atomic mass is 19.4. The van der Waals surface area contributed by atoms with E-state index < -0.39 is 12.1 Å². The van der Waals surface area contributed by atoms with E-state index in [4.69, 9.17) is 0 Å². The molecule has 0 aromatic rings. The minimum absolute atomic E-state index is 0.0896. The molecular weight excluding hydrogens is 167 g/mol. The SMILES string of the molecule is CC(C)C1CNCC1C(F)(F)F. The Balaban J connectivity index is 2.64. The van der Waals surface area contributed by atoms with Crippen molar-refractivity contribution < 1.29 is 13.2 Å². The molecule has 1 fully saturated rings. The molecule has 12 heavy (non-hydrogen) atoms. The van der Waals surface area contributed by atoms with Gasteiger partial charge in [0.05, 0.1) is 5.92 Å². The lowest BCUT2D eigenvalue weighted by atomic mass is 9.86. The molecule has 0 spiro atoms. The van der Waals surface area contributed by atoms with Crippen LogP contribution in [0.25, 0.3) is 0 Å². The van der Waals surface area contributed by atoms with Crippen molar-refractivity contribution in [2.45, 2.75) is 20.0 Å². The van der Waals surface area contributed by atoms with Gasteiger partial charge in [-0.2, -0.15) is 13.2 Å². The first-order valence-electron chi connectivity index (χ1n) is 4.20. The zero-order chi connectivity index (χ0) is 9.35. The van der Waals surface area contributed by atoms with Crippen LogP contribution in [0.5, 0.6) is 0 Å². The summed E-state index contributed by atoms with van der Waals surface area (Å²) in [5.74, 6) is -1.28. The third kappa shape index (κ3) is 1.91. The van der Waals surface area contributed by atoms with E-state index in [1.807, 2.05) is 13.8 Å². The van der Waals surface area contributed by atoms with Crippen molar-refractivity contribution in [3.05, 3.63) is 0 Å². The average molecular weight is 181 g/mol. The minimum atomic E-state index is -4.03. The highest BCUT2D eigenvalue weighted by molar-refractivity contribution is 4.87. The van der Waals surface area contributed by atoms with Crippen LogP contribution in [0.4, 0.5) is 13.2 Å². The van der Waals surface area contributed by atoms with E-state index in [1.54, 1.807) is 0 Å². The predicted octanol–water partition coefficient (Wildman–Crippen LogP) is 2.04. The first kappa shape index (κ1) is 9.84. The second kappa shape index (κ2) is 3.24. The van der Waals surface area contributed by atoms with Crippen LogP contribution in [0.1, 0.15) is 13.8 Å². The molecule has 1 N–H and O–H groups in total. The van der Waals surface area contributed by atoms with Gasteiger partial charge < -0.3 is 5.32 Å². The summed E-state index contributed by atoms with van der Waals surface area (Å²) in [5, 5.41) is 2.79. The lowest BCUT2D eigenvalue weighted by molar-refractivity contribution is -0.182. The quantitative estimate of drug-likeness (QED) is 0.652. The topological polar surface area (TPSA) is 12.0 Å². The molecule has 1 nitrogen and oxygen atoms in total. The second-order valence-electron chi connectivity index (χ2n) is 3.71. The number of rotatable bonds is 1. The summed E-state index contributed by atoms with van der Waals surface area (Å²) in [4.78, 5) is 0. The van der Waals surface area contributed by atoms with Gasteiger partial charge in [0.25, 0.3) is 0 Å². The van der Waals surface area contributed by atoms with Crippen molar-refractivity contribution >= 4 is 0 Å². The van der Waals surface area contributed by atoms with Crippen LogP contribution < -0.4 is 5.32 Å². The number of hydrogen-bond donors (Lipinski definition) is 1. The fourth-order valence-electron chi connectivity index (χ4n) is 1.76. The molecule has 1 aliphatic heterocycles. The average Bonchev–Trinajstić information content (AvgIpc) is 2.30. The zero-order valence-corrected chi connectivity index (χ0v) is 7.28. The van der Waals surface area contributed by atoms with Crippen molar-refractivity contribution in [3.63, 3.8) is 0 Å². The van der Waals surface area contributed by atoms with Gasteiger partial charge >= 0.3 is 6.18 Å². The standard InChI is InChI=1S/C8H14F3N/c1-5(2)6-3-12-4-7(6)8(9,10)11/h5-7,12H,3-4H2,1-2H3. The summed E-state index contributed by atoms with van der Waals surface area (Å²) < 4.78 is 37.0. The van der Waals surface area contributed by atoms with Gasteiger partial charge in [-0.25, -0.2) is 0 Å². The molecule has 1 heterocycles. The number of nitrogens with one attached hydrogen (secondary N) is 1. The molecule has 0 aromatic carbocycles. The van der Waals surface area contributed by atoms with Gasteiger partial charge in [-0.1, -0.05) is 13.8 Å². The van der Waals surface area contributed by atoms with E-state index in [9.17, 15) is 13.2 Å². The fourth-order valence-corrected chi connectivity index (χ4v) is 1.76. The third-order valence-electron chi connectivity index (χ3n) is 2.54. The molecule has 1 saturated heterocycles. The highest BCUT2D eigenvalue weighted by Crippen LogP contribution is 2.37. The predicted molar refractivity (Wildman–Crippen MR) is 40.7 cm³/mol. The molecular formula is C8H14F3N. The first-order chi connectivity index (χ1) is 5.43. The van der Waals surface area contributed by atoms with Crippen molar-refractivity contribution in [1.82, 2.24) is 5.32 Å². The lowest BCUT2D eigenvalue weighted by Gasteiger charge is -2.23. The summed E-state index contributed by atoms with van der Waals surface area (Å²) in [5.41, 5.74) is 0. The van der Waals surface area contributed by atoms with Gasteiger partial charge in [0.1, 0.15) is 0 Å². The Morgan fingerprint density at radius 2 is 1.83 bits per heavy atom. The Bertz CT molecular complexity index is 153. The maximum atomic E-state index is 12.3. The van der Waals surface area contributed by atoms with Crippen LogP contribution in [0.3, 0.4) is 0 Å². The third-order valence-corrected chi connectivity index (χ3v) is 2.54. The van der Waals surface area contributed by atoms with Crippen LogP contribution in [0, 0.1) is 17.8 Å². The number of halogens is 3. The Kier molecular flexibility index (Phi) is 2.66. The van der Waals surface area contributed by atoms with Crippen LogP contribution in [0.2, 0.25) is 0 Å². The van der Waals surface area contributed by atoms with Crippen molar-refractivity contribution in [2.75, 3.05) is 13.1 Å². The maximum absolute atomic E-state index is 12.3. The number of alkyl halides is 3. The summed E-state index contributed by atoms with van der Waals surface area (Å²) in [6, 6.07) is 0. The molecule has 0 aliphatic carbocycles. The molecule has 1 aliphatic rings. The van der Waals surface area contributed by atoms with Crippen molar-refractivity contribution in [3.8, 4) is 0 Å². The molecule has 4 heteroatoms. The van der Waals surface area contributed by atoms with Gasteiger partial charge in [-0.15, -0.1) is 0 Å². The van der Waals surface area contributed by atoms with Crippen molar-refractivity contribution in [1.29, 1.82) is 0 Å². The minimum Gasteiger partial charge on any atom is -0.316 e. The van der Waals surface area contributed by atoms with Crippen LogP contribution >= 0.6 is 0 Å². The monoisotopic (exact) mass is 181 g/mol. The van der Waals surface area contributed by atoms with Crippen LogP contribution in [0.15, 0.2) is 0 Å². The highest BCUT2D eigenvalue weighted by Gasteiger charge is 2.47. The van der Waals surface area contributed by atoms with Crippen molar-refractivity contribution in [2.24, 2.45) is 17.8 Å². The van der Waals surface area contributed by atoms with Gasteiger partial charge in [0.2, 0.25) is 0 Å². The summed E-state index contributed by atoms with van der Waals surface area (Å²) in [6.45, 7) is 4.28. The molecule has 1 rings (SSSR count). The number of hydrogen-bond acceptors (Lipinski definition) is 1. The largest absolute Gasteiger partial charge is 0.393 e. The fraction of sp³-hybridized carbons (Fsp3) is 1.00. The Labute approximate surface area is 70.3 Å². The summed E-state index contributed by atoms with van der Waals surface area (Å²) in [7, 11) is 0. The van der Waals surface area contributed by atoms with Gasteiger partial charge in [0, 0.05) is 6.54 Å². The van der Waals surface area contributed by atoms with Gasteiger partial charge in [0.15, 0.2) is 0 Å².